The lowest BCUT2D eigenvalue weighted by Crippen LogP contribution is -2.27. The zero-order valence-electron chi connectivity index (χ0n) is 14.6. The number of ether oxygens (including phenoxy) is 3. The lowest BCUT2D eigenvalue weighted by atomic mass is 10.1. The molecule has 1 aliphatic heterocycles. The fraction of sp³-hybridized carbons (Fsp3) is 0.333. The van der Waals surface area contributed by atoms with Crippen LogP contribution in [0.5, 0.6) is 11.5 Å². The van der Waals surface area contributed by atoms with Crippen LogP contribution in [0.1, 0.15) is 50.6 Å². The molecule has 0 fully saturated rings. The van der Waals surface area contributed by atoms with E-state index in [2.05, 4.69) is 10.3 Å². The summed E-state index contributed by atoms with van der Waals surface area (Å²) < 4.78 is 15.4. The van der Waals surface area contributed by atoms with Crippen molar-refractivity contribution in [3.8, 4) is 11.5 Å². The van der Waals surface area contributed by atoms with Gasteiger partial charge in [0.25, 0.3) is 5.91 Å². The van der Waals surface area contributed by atoms with Crippen molar-refractivity contribution in [3.05, 3.63) is 46.3 Å². The summed E-state index contributed by atoms with van der Waals surface area (Å²) in [7, 11) is 1.32. The van der Waals surface area contributed by atoms with Crippen molar-refractivity contribution < 1.29 is 23.8 Å². The third-order valence-electron chi connectivity index (χ3n) is 4.30. The minimum Gasteiger partial charge on any atom is -0.465 e. The van der Waals surface area contributed by atoms with E-state index in [4.69, 9.17) is 14.2 Å². The van der Waals surface area contributed by atoms with Gasteiger partial charge in [0.2, 0.25) is 6.79 Å². The molecular weight excluding hydrogens is 324 g/mol. The number of hydrogen-bond donors (Lipinski definition) is 2. The first-order valence-electron chi connectivity index (χ1n) is 7.90. The first-order chi connectivity index (χ1) is 11.9. The van der Waals surface area contributed by atoms with E-state index in [1.54, 1.807) is 13.8 Å². The highest BCUT2D eigenvalue weighted by Crippen LogP contribution is 2.34. The van der Waals surface area contributed by atoms with Crippen molar-refractivity contribution in [2.75, 3.05) is 13.9 Å². The molecular formula is C18H20N2O5. The number of methoxy groups -OCH3 is 1. The summed E-state index contributed by atoms with van der Waals surface area (Å²) in [4.78, 5) is 27.4. The van der Waals surface area contributed by atoms with E-state index in [-0.39, 0.29) is 18.7 Å². The Morgan fingerprint density at radius 2 is 1.96 bits per heavy atom. The van der Waals surface area contributed by atoms with E-state index >= 15 is 0 Å². The highest BCUT2D eigenvalue weighted by Gasteiger charge is 2.24. The normalized spacial score (nSPS) is 13.4. The van der Waals surface area contributed by atoms with Gasteiger partial charge in [-0.15, -0.1) is 0 Å². The molecule has 1 amide bonds. The number of esters is 1. The van der Waals surface area contributed by atoms with Gasteiger partial charge in [-0.25, -0.2) is 4.79 Å². The minimum absolute atomic E-state index is 0.205. The molecule has 3 rings (SSSR count). The van der Waals surface area contributed by atoms with Gasteiger partial charge in [0.15, 0.2) is 11.5 Å². The number of nitrogens with one attached hydrogen (secondary N) is 2. The third-order valence-corrected chi connectivity index (χ3v) is 4.30. The molecule has 0 saturated heterocycles. The summed E-state index contributed by atoms with van der Waals surface area (Å²) in [6, 6.07) is 5.30. The van der Waals surface area contributed by atoms with Crippen LogP contribution in [0, 0.1) is 13.8 Å². The molecule has 132 valence electrons. The second kappa shape index (κ2) is 6.51. The molecule has 2 N–H and O–H groups in total. The van der Waals surface area contributed by atoms with Gasteiger partial charge in [-0.05, 0) is 44.0 Å². The minimum atomic E-state index is -0.464. The fourth-order valence-electron chi connectivity index (χ4n) is 2.92. The van der Waals surface area contributed by atoms with Gasteiger partial charge < -0.3 is 24.5 Å². The number of hydrogen-bond acceptors (Lipinski definition) is 5. The van der Waals surface area contributed by atoms with E-state index in [1.165, 1.54) is 7.11 Å². The van der Waals surface area contributed by atoms with Gasteiger partial charge in [0.05, 0.1) is 18.7 Å². The maximum absolute atomic E-state index is 12.6. The molecule has 0 radical (unpaired) electrons. The first kappa shape index (κ1) is 16.9. The molecule has 1 aromatic heterocycles. The van der Waals surface area contributed by atoms with Crippen LogP contribution >= 0.6 is 0 Å². The van der Waals surface area contributed by atoms with E-state index in [0.717, 1.165) is 5.56 Å². The Morgan fingerprint density at radius 1 is 1.24 bits per heavy atom. The number of carbonyl (C=O) groups excluding carboxylic acids is 2. The lowest BCUT2D eigenvalue weighted by Gasteiger charge is -2.14. The van der Waals surface area contributed by atoms with Crippen LogP contribution in [-0.2, 0) is 4.74 Å². The van der Waals surface area contributed by atoms with Crippen LogP contribution in [0.15, 0.2) is 18.2 Å². The molecule has 0 spiro atoms. The van der Waals surface area contributed by atoms with Gasteiger partial charge in [0, 0.05) is 5.69 Å². The number of amides is 1. The molecule has 1 aromatic carbocycles. The number of fused-ring (bicyclic) bond motifs is 1. The van der Waals surface area contributed by atoms with E-state index in [0.29, 0.717) is 34.0 Å². The van der Waals surface area contributed by atoms with Gasteiger partial charge in [-0.2, -0.15) is 0 Å². The van der Waals surface area contributed by atoms with Gasteiger partial charge in [0.1, 0.15) is 5.69 Å². The Hall–Kier alpha value is -2.96. The summed E-state index contributed by atoms with van der Waals surface area (Å²) in [5.41, 5.74) is 2.81. The molecule has 7 heteroatoms. The van der Waals surface area contributed by atoms with Crippen LogP contribution < -0.4 is 14.8 Å². The van der Waals surface area contributed by atoms with Crippen LogP contribution in [0.3, 0.4) is 0 Å². The molecule has 1 aliphatic rings. The van der Waals surface area contributed by atoms with Gasteiger partial charge >= 0.3 is 5.97 Å². The summed E-state index contributed by atoms with van der Waals surface area (Å²) in [5.74, 6) is 0.606. The lowest BCUT2D eigenvalue weighted by molar-refractivity contribution is 0.0599. The molecule has 25 heavy (non-hydrogen) atoms. The van der Waals surface area contributed by atoms with E-state index < -0.39 is 5.97 Å². The average molecular weight is 344 g/mol. The molecule has 2 heterocycles. The Morgan fingerprint density at radius 3 is 2.68 bits per heavy atom. The Kier molecular flexibility index (Phi) is 4.39. The highest BCUT2D eigenvalue weighted by atomic mass is 16.7. The molecule has 0 saturated carbocycles. The van der Waals surface area contributed by atoms with Crippen molar-refractivity contribution in [1.29, 1.82) is 0 Å². The second-order valence-electron chi connectivity index (χ2n) is 5.92. The maximum Gasteiger partial charge on any atom is 0.339 e. The molecule has 0 bridgehead atoms. The SMILES string of the molecule is COC(=O)c1c(C)[nH]c(C(=O)NC(C)c2ccc3c(c2)OCO3)c1C. The molecule has 7 nitrogen and oxygen atoms in total. The number of H-pyrrole nitrogens is 1. The standard InChI is InChI=1S/C18H20N2O5/c1-9-15(18(22)23-4)11(3)19-16(9)17(21)20-10(2)12-5-6-13-14(7-12)25-8-24-13/h5-7,10,19H,8H2,1-4H3,(H,20,21). The molecule has 0 aliphatic carbocycles. The maximum atomic E-state index is 12.6. The molecule has 1 unspecified atom stereocenters. The zero-order valence-corrected chi connectivity index (χ0v) is 14.6. The quantitative estimate of drug-likeness (QED) is 0.832. The predicted molar refractivity (Wildman–Crippen MR) is 90.1 cm³/mol. The number of benzene rings is 1. The largest absolute Gasteiger partial charge is 0.465 e. The highest BCUT2D eigenvalue weighted by molar-refractivity contribution is 6.00. The number of aromatic amines is 1. The van der Waals surface area contributed by atoms with Gasteiger partial charge in [-0.1, -0.05) is 6.07 Å². The van der Waals surface area contributed by atoms with Crippen LogP contribution in [0.4, 0.5) is 0 Å². The Labute approximate surface area is 145 Å². The summed E-state index contributed by atoms with van der Waals surface area (Å²) >= 11 is 0. The topological polar surface area (TPSA) is 89.7 Å². The summed E-state index contributed by atoms with van der Waals surface area (Å²) in [6.07, 6.45) is 0. The van der Waals surface area contributed by atoms with Crippen LogP contribution in [0.25, 0.3) is 0 Å². The Balaban J connectivity index is 1.79. The van der Waals surface area contributed by atoms with Crippen molar-refractivity contribution in [2.24, 2.45) is 0 Å². The number of aryl methyl sites for hydroxylation is 1. The van der Waals surface area contributed by atoms with E-state index in [9.17, 15) is 9.59 Å². The number of rotatable bonds is 4. The number of aromatic nitrogens is 1. The van der Waals surface area contributed by atoms with Crippen LogP contribution in [0.2, 0.25) is 0 Å². The second-order valence-corrected chi connectivity index (χ2v) is 5.92. The molecule has 1 atom stereocenters. The van der Waals surface area contributed by atoms with Crippen molar-refractivity contribution in [3.63, 3.8) is 0 Å². The summed E-state index contributed by atoms with van der Waals surface area (Å²) in [6.45, 7) is 5.53. The van der Waals surface area contributed by atoms with Crippen molar-refractivity contribution in [1.82, 2.24) is 10.3 Å². The fourth-order valence-corrected chi connectivity index (χ4v) is 2.92. The average Bonchev–Trinajstić information content (AvgIpc) is 3.17. The van der Waals surface area contributed by atoms with Crippen molar-refractivity contribution in [2.45, 2.75) is 26.8 Å². The smallest absolute Gasteiger partial charge is 0.339 e. The van der Waals surface area contributed by atoms with Gasteiger partial charge in [-0.3, -0.25) is 4.79 Å². The number of carbonyl (C=O) groups is 2. The Bertz CT molecular complexity index is 840. The van der Waals surface area contributed by atoms with Crippen molar-refractivity contribution >= 4 is 11.9 Å². The third kappa shape index (κ3) is 3.05. The predicted octanol–water partition coefficient (Wildman–Crippen LogP) is 2.64. The zero-order chi connectivity index (χ0) is 18.1. The summed E-state index contributed by atoms with van der Waals surface area (Å²) in [5, 5.41) is 2.92. The first-order valence-corrected chi connectivity index (χ1v) is 7.90. The van der Waals surface area contributed by atoms with E-state index in [1.807, 2.05) is 25.1 Å². The van der Waals surface area contributed by atoms with Crippen LogP contribution in [-0.4, -0.2) is 30.8 Å². The molecule has 2 aromatic rings. The monoisotopic (exact) mass is 344 g/mol.